The summed E-state index contributed by atoms with van der Waals surface area (Å²) in [6.45, 7) is 2.90. The summed E-state index contributed by atoms with van der Waals surface area (Å²) in [5, 5.41) is -0.127. The summed E-state index contributed by atoms with van der Waals surface area (Å²) < 4.78 is 96.4. The van der Waals surface area contributed by atoms with E-state index in [-0.39, 0.29) is 28.5 Å². The average Bonchev–Trinajstić information content (AvgIpc) is 2.56. The predicted molar refractivity (Wildman–Crippen MR) is 89.6 cm³/mol. The molecule has 0 amide bonds. The number of alkyl halides is 5. The number of carbonyl (C=O) groups excluding carboxylic acids is 1. The number of hydrogen-bond donors (Lipinski definition) is 0. The molecule has 0 spiro atoms. The third-order valence-electron chi connectivity index (χ3n) is 3.80. The molecule has 0 atom stereocenters. The van der Waals surface area contributed by atoms with Crippen molar-refractivity contribution in [2.75, 3.05) is 6.61 Å². The van der Waals surface area contributed by atoms with Crippen molar-refractivity contribution in [3.05, 3.63) is 41.0 Å². The van der Waals surface area contributed by atoms with Crippen LogP contribution in [0, 0.1) is 6.92 Å². The molecule has 0 aliphatic carbocycles. The largest absolute Gasteiger partial charge is 0.534 e. The van der Waals surface area contributed by atoms with Crippen molar-refractivity contribution in [1.82, 2.24) is 0 Å². The van der Waals surface area contributed by atoms with Crippen LogP contribution in [0.25, 0.3) is 10.8 Å². The molecule has 2 rings (SSSR count). The van der Waals surface area contributed by atoms with Crippen LogP contribution < -0.4 is 4.18 Å². The van der Waals surface area contributed by atoms with E-state index in [2.05, 4.69) is 4.18 Å². The number of aryl methyl sites for hydroxylation is 1. The van der Waals surface area contributed by atoms with Crippen LogP contribution in [0.15, 0.2) is 24.3 Å². The first-order valence-electron chi connectivity index (χ1n) is 7.88. The molecule has 11 heteroatoms. The maximum Gasteiger partial charge on any atom is 0.534 e. The van der Waals surface area contributed by atoms with Crippen LogP contribution in [0.1, 0.15) is 30.0 Å². The minimum atomic E-state index is -6.06. The van der Waals surface area contributed by atoms with E-state index in [4.69, 9.17) is 4.74 Å². The molecule has 28 heavy (non-hydrogen) atoms. The van der Waals surface area contributed by atoms with Crippen LogP contribution >= 0.6 is 0 Å². The first kappa shape index (κ1) is 21.9. The van der Waals surface area contributed by atoms with Crippen LogP contribution in [0.3, 0.4) is 0 Å². The molecule has 0 unspecified atom stereocenters. The summed E-state index contributed by atoms with van der Waals surface area (Å²) in [4.78, 5) is 11.8. The van der Waals surface area contributed by atoms with Gasteiger partial charge in [-0.1, -0.05) is 18.2 Å². The summed E-state index contributed by atoms with van der Waals surface area (Å²) >= 11 is 0. The number of carbonyl (C=O) groups is 1. The van der Waals surface area contributed by atoms with Crippen molar-refractivity contribution in [3.63, 3.8) is 0 Å². The van der Waals surface area contributed by atoms with Gasteiger partial charge in [-0.25, -0.2) is 8.78 Å². The molecule has 0 aliphatic heterocycles. The van der Waals surface area contributed by atoms with Crippen molar-refractivity contribution in [2.45, 2.75) is 32.2 Å². The third-order valence-corrected chi connectivity index (χ3v) is 4.75. The van der Waals surface area contributed by atoms with Gasteiger partial charge in [0.05, 0.1) is 13.0 Å². The summed E-state index contributed by atoms with van der Waals surface area (Å²) in [5.74, 6) is -1.57. The Labute approximate surface area is 157 Å². The molecule has 0 bridgehead atoms. The first-order valence-corrected chi connectivity index (χ1v) is 9.29. The minimum Gasteiger partial charge on any atom is -0.466 e. The summed E-state index contributed by atoms with van der Waals surface area (Å²) in [5.41, 5.74) is -6.09. The maximum atomic E-state index is 12.9. The number of hydrogen-bond acceptors (Lipinski definition) is 5. The van der Waals surface area contributed by atoms with E-state index in [1.807, 2.05) is 0 Å². The predicted octanol–water partition coefficient (Wildman–Crippen LogP) is 4.42. The van der Waals surface area contributed by atoms with Gasteiger partial charge >= 0.3 is 21.6 Å². The summed E-state index contributed by atoms with van der Waals surface area (Å²) in [6, 6.07) is 4.31. The van der Waals surface area contributed by atoms with Gasteiger partial charge in [0.1, 0.15) is 0 Å². The van der Waals surface area contributed by atoms with E-state index in [0.717, 1.165) is 18.2 Å². The number of rotatable bonds is 6. The average molecular weight is 426 g/mol. The maximum absolute atomic E-state index is 12.9. The standard InChI is InChI=1S/C17H15F5O5S/c1-3-26-14(23)8-13-9(2)6-11-7-10(16(18)19)4-5-12(11)15(13)27-28(24,25)17(20,21)22/h4-7,16H,3,8H2,1-2H3. The monoisotopic (exact) mass is 426 g/mol. The van der Waals surface area contributed by atoms with E-state index >= 15 is 0 Å². The molecule has 0 radical (unpaired) electrons. The number of halogens is 5. The Balaban J connectivity index is 2.74. The lowest BCUT2D eigenvalue weighted by Gasteiger charge is -2.17. The van der Waals surface area contributed by atoms with E-state index in [1.165, 1.54) is 19.9 Å². The number of fused-ring (bicyclic) bond motifs is 1. The fraction of sp³-hybridized carbons (Fsp3) is 0.353. The lowest BCUT2D eigenvalue weighted by molar-refractivity contribution is -0.142. The van der Waals surface area contributed by atoms with Crippen LogP contribution in [0.4, 0.5) is 22.0 Å². The Morgan fingerprint density at radius 1 is 1.18 bits per heavy atom. The zero-order valence-electron chi connectivity index (χ0n) is 14.6. The van der Waals surface area contributed by atoms with Gasteiger partial charge in [0, 0.05) is 16.5 Å². The van der Waals surface area contributed by atoms with Gasteiger partial charge in [-0.3, -0.25) is 4.79 Å². The van der Waals surface area contributed by atoms with Crippen LogP contribution in [0.5, 0.6) is 5.75 Å². The van der Waals surface area contributed by atoms with E-state index in [1.54, 1.807) is 0 Å². The van der Waals surface area contributed by atoms with Gasteiger partial charge in [0.25, 0.3) is 6.43 Å². The fourth-order valence-electron chi connectivity index (χ4n) is 2.53. The molecule has 0 saturated carbocycles. The number of benzene rings is 2. The van der Waals surface area contributed by atoms with Crippen LogP contribution in [0.2, 0.25) is 0 Å². The zero-order valence-corrected chi connectivity index (χ0v) is 15.5. The fourth-order valence-corrected chi connectivity index (χ4v) is 3.04. The Bertz CT molecular complexity index is 999. The smallest absolute Gasteiger partial charge is 0.466 e. The molecule has 0 N–H and O–H groups in total. The highest BCUT2D eigenvalue weighted by molar-refractivity contribution is 7.88. The second kappa shape index (κ2) is 7.90. The normalized spacial score (nSPS) is 12.4. The number of ether oxygens (including phenoxy) is 1. The minimum absolute atomic E-state index is 0.000249. The van der Waals surface area contributed by atoms with Crippen LogP contribution in [-0.4, -0.2) is 26.5 Å². The number of esters is 1. The highest BCUT2D eigenvalue weighted by atomic mass is 32.2. The van der Waals surface area contributed by atoms with Gasteiger partial charge in [-0.05, 0) is 30.9 Å². The van der Waals surface area contributed by atoms with E-state index in [9.17, 15) is 35.2 Å². The van der Waals surface area contributed by atoms with Crippen molar-refractivity contribution in [2.24, 2.45) is 0 Å². The highest BCUT2D eigenvalue weighted by Gasteiger charge is 2.49. The lowest BCUT2D eigenvalue weighted by Crippen LogP contribution is -2.28. The molecule has 5 nitrogen and oxygen atoms in total. The Morgan fingerprint density at radius 2 is 1.82 bits per heavy atom. The van der Waals surface area contributed by atoms with Crippen molar-refractivity contribution < 1.29 is 44.1 Å². The van der Waals surface area contributed by atoms with Gasteiger partial charge in [-0.15, -0.1) is 0 Å². The quantitative estimate of drug-likeness (QED) is 0.296. The van der Waals surface area contributed by atoms with Gasteiger partial charge in [0.15, 0.2) is 5.75 Å². The molecule has 0 fully saturated rings. The summed E-state index contributed by atoms with van der Waals surface area (Å²) in [7, 11) is -6.06. The first-order chi connectivity index (χ1) is 12.9. The topological polar surface area (TPSA) is 69.7 Å². The van der Waals surface area contributed by atoms with Gasteiger partial charge in [0.2, 0.25) is 0 Å². The Hall–Kier alpha value is -2.43. The second-order valence-corrected chi connectivity index (χ2v) is 7.29. The molecule has 0 saturated heterocycles. The molecule has 0 heterocycles. The molecule has 0 aliphatic rings. The van der Waals surface area contributed by atoms with Gasteiger partial charge < -0.3 is 8.92 Å². The van der Waals surface area contributed by atoms with Crippen molar-refractivity contribution >= 4 is 26.9 Å². The second-order valence-electron chi connectivity index (χ2n) is 5.75. The van der Waals surface area contributed by atoms with Crippen molar-refractivity contribution in [3.8, 4) is 5.75 Å². The third kappa shape index (κ3) is 4.51. The molecular weight excluding hydrogens is 411 g/mol. The Kier molecular flexibility index (Phi) is 6.17. The SMILES string of the molecule is CCOC(=O)Cc1c(C)cc2cc(C(F)F)ccc2c1OS(=O)(=O)C(F)(F)F. The van der Waals surface area contributed by atoms with E-state index < -0.39 is 45.8 Å². The Morgan fingerprint density at radius 3 is 2.36 bits per heavy atom. The van der Waals surface area contributed by atoms with Crippen LogP contribution in [-0.2, 0) is 26.1 Å². The molecule has 2 aromatic carbocycles. The molecular formula is C17H15F5O5S. The molecule has 154 valence electrons. The summed E-state index contributed by atoms with van der Waals surface area (Å²) in [6.07, 6.45) is -3.40. The molecule has 0 aromatic heterocycles. The lowest BCUT2D eigenvalue weighted by atomic mass is 9.97. The van der Waals surface area contributed by atoms with E-state index in [0.29, 0.717) is 0 Å². The van der Waals surface area contributed by atoms with Gasteiger partial charge in [-0.2, -0.15) is 21.6 Å². The molecule has 2 aromatic rings. The van der Waals surface area contributed by atoms with Crippen molar-refractivity contribution in [1.29, 1.82) is 0 Å². The highest BCUT2D eigenvalue weighted by Crippen LogP contribution is 2.38. The zero-order chi connectivity index (χ0) is 21.3.